The van der Waals surface area contributed by atoms with E-state index in [-0.39, 0.29) is 11.7 Å². The lowest BCUT2D eigenvalue weighted by Gasteiger charge is -2.46. The molecule has 3 aliphatic heterocycles. The van der Waals surface area contributed by atoms with E-state index in [0.717, 1.165) is 46.7 Å². The van der Waals surface area contributed by atoms with Gasteiger partial charge in [0.05, 0.1) is 40.3 Å². The molecular formula is C24H31N6OP. The van der Waals surface area contributed by atoms with Gasteiger partial charge in [0, 0.05) is 42.8 Å². The van der Waals surface area contributed by atoms with E-state index in [0.29, 0.717) is 20.7 Å². The highest BCUT2D eigenvalue weighted by atomic mass is 31.1. The van der Waals surface area contributed by atoms with E-state index in [1.165, 1.54) is 5.57 Å². The minimum Gasteiger partial charge on any atom is -0.367 e. The number of aryl methyl sites for hydroxylation is 2. The minimum atomic E-state index is 0.0343. The SMILES string of the molecule is CC1=CC(N2C[C@@H](C)N(C)[C@@H](C)C2)=CN2C(=O)C=C(c3cc4c(C)nc(C)cn4n3)PC12. The molecule has 0 aliphatic carbocycles. The lowest BCUT2D eigenvalue weighted by Crippen LogP contribution is -2.54. The van der Waals surface area contributed by atoms with Gasteiger partial charge in [0.25, 0.3) is 5.91 Å². The second-order valence-electron chi connectivity index (χ2n) is 9.39. The summed E-state index contributed by atoms with van der Waals surface area (Å²) in [7, 11) is 2.65. The molecule has 32 heavy (non-hydrogen) atoms. The number of fused-ring (bicyclic) bond motifs is 2. The van der Waals surface area contributed by atoms with Crippen LogP contribution in [0, 0.1) is 13.8 Å². The number of rotatable bonds is 2. The Morgan fingerprint density at radius 1 is 1.09 bits per heavy atom. The number of nitrogens with zero attached hydrogens (tertiary/aromatic N) is 6. The summed E-state index contributed by atoms with van der Waals surface area (Å²) in [5.74, 6) is 0.103. The van der Waals surface area contributed by atoms with Crippen molar-refractivity contribution in [1.82, 2.24) is 29.3 Å². The molecule has 0 spiro atoms. The molecule has 0 aromatic carbocycles. The van der Waals surface area contributed by atoms with E-state index in [9.17, 15) is 4.79 Å². The lowest BCUT2D eigenvalue weighted by molar-refractivity contribution is -0.124. The molecule has 0 saturated carbocycles. The largest absolute Gasteiger partial charge is 0.367 e. The van der Waals surface area contributed by atoms with Gasteiger partial charge in [0.1, 0.15) is 0 Å². The third kappa shape index (κ3) is 3.57. The quantitative estimate of drug-likeness (QED) is 0.657. The summed E-state index contributed by atoms with van der Waals surface area (Å²) >= 11 is 0. The summed E-state index contributed by atoms with van der Waals surface area (Å²) in [6, 6.07) is 3.01. The fourth-order valence-electron chi connectivity index (χ4n) is 4.91. The van der Waals surface area contributed by atoms with E-state index in [4.69, 9.17) is 5.10 Å². The maximum Gasteiger partial charge on any atom is 0.252 e. The molecule has 2 aromatic heterocycles. The molecule has 0 N–H and O–H groups in total. The van der Waals surface area contributed by atoms with Gasteiger partial charge in [-0.15, -0.1) is 0 Å². The van der Waals surface area contributed by atoms with Crippen molar-refractivity contribution in [3.63, 3.8) is 0 Å². The fourth-order valence-corrected chi connectivity index (χ4v) is 6.33. The zero-order chi connectivity index (χ0) is 22.7. The third-order valence-electron chi connectivity index (χ3n) is 6.93. The third-order valence-corrected chi connectivity index (χ3v) is 8.65. The Bertz CT molecular complexity index is 1180. The monoisotopic (exact) mass is 450 g/mol. The standard InChI is InChI=1S/C24H31N6OP/c1-14-7-19(28-11-16(3)27(6)17(4)12-28)13-29-23(31)9-22(32-24(14)29)20-8-21-18(5)25-15(2)10-30(21)26-20/h7-10,13,16-17,24,32H,11-12H2,1-6H3/t16-,17+,24?. The van der Waals surface area contributed by atoms with E-state index in [1.807, 2.05) is 29.5 Å². The summed E-state index contributed by atoms with van der Waals surface area (Å²) in [5.41, 5.74) is 6.12. The van der Waals surface area contributed by atoms with Crippen LogP contribution < -0.4 is 0 Å². The van der Waals surface area contributed by atoms with Crippen molar-refractivity contribution < 1.29 is 4.79 Å². The molecule has 3 aliphatic rings. The summed E-state index contributed by atoms with van der Waals surface area (Å²) in [5, 5.41) is 5.78. The number of hydrogen-bond acceptors (Lipinski definition) is 5. The van der Waals surface area contributed by atoms with Crippen LogP contribution in [0.3, 0.4) is 0 Å². The average Bonchev–Trinajstić information content (AvgIpc) is 3.16. The Hall–Kier alpha value is -2.50. The average molecular weight is 451 g/mol. The molecule has 5 rings (SSSR count). The van der Waals surface area contributed by atoms with Gasteiger partial charge >= 0.3 is 0 Å². The van der Waals surface area contributed by atoms with Gasteiger partial charge in [-0.3, -0.25) is 14.7 Å². The van der Waals surface area contributed by atoms with Crippen molar-refractivity contribution in [1.29, 1.82) is 0 Å². The van der Waals surface area contributed by atoms with Crippen LogP contribution in [-0.4, -0.2) is 73.2 Å². The Morgan fingerprint density at radius 2 is 1.81 bits per heavy atom. The number of amides is 1. The number of carbonyl (C=O) groups excluding carboxylic acids is 1. The lowest BCUT2D eigenvalue weighted by atomic mass is 10.1. The first kappa shape index (κ1) is 21.4. The van der Waals surface area contributed by atoms with Gasteiger partial charge in [-0.25, -0.2) is 4.52 Å². The highest BCUT2D eigenvalue weighted by molar-refractivity contribution is 7.51. The van der Waals surface area contributed by atoms with Gasteiger partial charge in [-0.2, -0.15) is 5.10 Å². The van der Waals surface area contributed by atoms with E-state index in [1.54, 1.807) is 6.08 Å². The molecule has 1 fully saturated rings. The molecule has 5 heterocycles. The summed E-state index contributed by atoms with van der Waals surface area (Å²) in [6.07, 6.45) is 8.04. The first-order valence-corrected chi connectivity index (χ1v) is 12.3. The van der Waals surface area contributed by atoms with Crippen molar-refractivity contribution in [2.45, 2.75) is 52.5 Å². The second-order valence-corrected chi connectivity index (χ2v) is 10.8. The first-order valence-electron chi connectivity index (χ1n) is 11.2. The van der Waals surface area contributed by atoms with Crippen molar-refractivity contribution in [3.05, 3.63) is 59.0 Å². The zero-order valence-corrected chi connectivity index (χ0v) is 20.6. The van der Waals surface area contributed by atoms with Crippen LogP contribution >= 0.6 is 8.58 Å². The number of hydrogen-bond donors (Lipinski definition) is 0. The van der Waals surface area contributed by atoms with Crippen molar-refractivity contribution in [2.75, 3.05) is 20.1 Å². The normalized spacial score (nSPS) is 27.5. The first-order chi connectivity index (χ1) is 15.2. The van der Waals surface area contributed by atoms with Crippen molar-refractivity contribution >= 4 is 25.3 Å². The molecule has 2 aromatic rings. The van der Waals surface area contributed by atoms with Crippen LogP contribution in [0.1, 0.15) is 37.9 Å². The number of piperazine rings is 1. The number of likely N-dealkylation sites (N-methyl/N-ethyl adjacent to an activating group) is 1. The topological polar surface area (TPSA) is 57.0 Å². The summed E-state index contributed by atoms with van der Waals surface area (Å²) in [6.45, 7) is 12.6. The van der Waals surface area contributed by atoms with Crippen LogP contribution in [0.25, 0.3) is 10.8 Å². The Morgan fingerprint density at radius 3 is 2.53 bits per heavy atom. The van der Waals surface area contributed by atoms with Gasteiger partial charge in [-0.05, 0) is 59.4 Å². The van der Waals surface area contributed by atoms with Crippen LogP contribution in [0.4, 0.5) is 0 Å². The molecule has 0 radical (unpaired) electrons. The Balaban J connectivity index is 1.45. The maximum atomic E-state index is 13.2. The number of allylic oxidation sites excluding steroid dienone is 1. The smallest absolute Gasteiger partial charge is 0.252 e. The predicted molar refractivity (Wildman–Crippen MR) is 129 cm³/mol. The Kier molecular flexibility index (Phi) is 5.22. The summed E-state index contributed by atoms with van der Waals surface area (Å²) < 4.78 is 1.88. The van der Waals surface area contributed by atoms with E-state index < -0.39 is 0 Å². The number of aromatic nitrogens is 3. The van der Waals surface area contributed by atoms with Crippen molar-refractivity contribution in [3.8, 4) is 0 Å². The zero-order valence-electron chi connectivity index (χ0n) is 19.6. The van der Waals surface area contributed by atoms with Crippen molar-refractivity contribution in [2.24, 2.45) is 0 Å². The molecule has 2 unspecified atom stereocenters. The maximum absolute atomic E-state index is 13.2. The van der Waals surface area contributed by atoms with Crippen LogP contribution in [0.15, 0.2) is 41.9 Å². The fraction of sp³-hybridized carbons (Fsp3) is 0.458. The number of carbonyl (C=O) groups is 1. The van der Waals surface area contributed by atoms with Gasteiger partial charge in [0.15, 0.2) is 0 Å². The molecule has 0 bridgehead atoms. The molecule has 1 amide bonds. The highest BCUT2D eigenvalue weighted by Gasteiger charge is 2.35. The van der Waals surface area contributed by atoms with Gasteiger partial charge in [-0.1, -0.05) is 8.58 Å². The second kappa shape index (κ2) is 7.82. The molecule has 4 atom stereocenters. The molecule has 7 nitrogen and oxygen atoms in total. The molecule has 1 saturated heterocycles. The molecule has 168 valence electrons. The summed E-state index contributed by atoms with van der Waals surface area (Å²) in [4.78, 5) is 24.5. The van der Waals surface area contributed by atoms with Gasteiger partial charge in [0.2, 0.25) is 0 Å². The minimum absolute atomic E-state index is 0.0343. The molecule has 8 heteroatoms. The Labute approximate surface area is 191 Å². The van der Waals surface area contributed by atoms with E-state index in [2.05, 4.69) is 60.9 Å². The molecular weight excluding hydrogens is 419 g/mol. The van der Waals surface area contributed by atoms with Crippen LogP contribution in [-0.2, 0) is 4.79 Å². The van der Waals surface area contributed by atoms with Crippen LogP contribution in [0.2, 0.25) is 0 Å². The predicted octanol–water partition coefficient (Wildman–Crippen LogP) is 3.36. The highest BCUT2D eigenvalue weighted by Crippen LogP contribution is 2.47. The van der Waals surface area contributed by atoms with Crippen LogP contribution in [0.5, 0.6) is 0 Å². The van der Waals surface area contributed by atoms with Gasteiger partial charge < -0.3 is 9.80 Å². The van der Waals surface area contributed by atoms with E-state index >= 15 is 0 Å².